The zero-order valence-electron chi connectivity index (χ0n) is 9.13. The van der Waals surface area contributed by atoms with Crippen LogP contribution >= 0.6 is 0 Å². The van der Waals surface area contributed by atoms with Crippen LogP contribution in [0.25, 0.3) is 0 Å². The highest BCUT2D eigenvalue weighted by molar-refractivity contribution is 4.83. The Kier molecular flexibility index (Phi) is 2.92. The molecule has 2 bridgehead atoms. The van der Waals surface area contributed by atoms with Crippen LogP contribution in [0.2, 0.25) is 0 Å². The van der Waals surface area contributed by atoms with Crippen molar-refractivity contribution in [3.63, 3.8) is 0 Å². The minimum absolute atomic E-state index is 1.02. The Bertz CT molecular complexity index is 163. The summed E-state index contributed by atoms with van der Waals surface area (Å²) < 4.78 is 0. The minimum atomic E-state index is 1.02. The fraction of sp³-hybridized carbons (Fsp3) is 1.00. The van der Waals surface area contributed by atoms with E-state index >= 15 is 0 Å². The lowest BCUT2D eigenvalue weighted by atomic mass is 9.74. The molecule has 0 amide bonds. The molecule has 1 aliphatic heterocycles. The van der Waals surface area contributed by atoms with E-state index in [-0.39, 0.29) is 0 Å². The maximum atomic E-state index is 2.54. The maximum Gasteiger partial charge on any atom is 0.000681 e. The second-order valence-electron chi connectivity index (χ2n) is 5.26. The summed E-state index contributed by atoms with van der Waals surface area (Å²) >= 11 is 0. The third-order valence-corrected chi connectivity index (χ3v) is 4.07. The van der Waals surface area contributed by atoms with Gasteiger partial charge in [-0.15, -0.1) is 0 Å². The Morgan fingerprint density at radius 3 is 2.69 bits per heavy atom. The van der Waals surface area contributed by atoms with Crippen LogP contribution in [0.4, 0.5) is 0 Å². The molecule has 1 saturated heterocycles. The first kappa shape index (κ1) is 9.51. The second kappa shape index (κ2) is 4.00. The first-order valence-electron chi connectivity index (χ1n) is 5.96. The summed E-state index contributed by atoms with van der Waals surface area (Å²) in [6, 6.07) is 0. The highest BCUT2D eigenvalue weighted by atomic mass is 15.1. The van der Waals surface area contributed by atoms with Crippen molar-refractivity contribution >= 4 is 0 Å². The zero-order chi connectivity index (χ0) is 9.26. The number of hydrogen-bond donors (Lipinski definition) is 0. The molecule has 1 heterocycles. The number of hydrogen-bond acceptors (Lipinski definition) is 1. The van der Waals surface area contributed by atoms with Crippen LogP contribution < -0.4 is 0 Å². The van der Waals surface area contributed by atoms with Crippen molar-refractivity contribution in [1.82, 2.24) is 4.90 Å². The number of rotatable bonds is 1. The van der Waals surface area contributed by atoms with Gasteiger partial charge in [-0.3, -0.25) is 0 Å². The molecule has 0 N–H and O–H groups in total. The number of likely N-dealkylation sites (tertiary alicyclic amines) is 1. The Balaban J connectivity index is 1.98. The van der Waals surface area contributed by atoms with Crippen molar-refractivity contribution in [1.29, 1.82) is 0 Å². The number of nitrogens with zero attached hydrogens (tertiary/aromatic N) is 1. The van der Waals surface area contributed by atoms with Gasteiger partial charge < -0.3 is 4.90 Å². The molecule has 1 nitrogen and oxygen atoms in total. The van der Waals surface area contributed by atoms with Crippen LogP contribution in [0.5, 0.6) is 0 Å². The van der Waals surface area contributed by atoms with E-state index in [0.717, 1.165) is 17.8 Å². The fourth-order valence-corrected chi connectivity index (χ4v) is 3.36. The van der Waals surface area contributed by atoms with Crippen molar-refractivity contribution in [2.24, 2.45) is 17.8 Å². The summed E-state index contributed by atoms with van der Waals surface area (Å²) in [6.45, 7) is 5.08. The molecule has 3 unspecified atom stereocenters. The monoisotopic (exact) mass is 181 g/mol. The average molecular weight is 181 g/mol. The van der Waals surface area contributed by atoms with Gasteiger partial charge in [0.1, 0.15) is 0 Å². The van der Waals surface area contributed by atoms with Gasteiger partial charge >= 0.3 is 0 Å². The number of fused-ring (bicyclic) bond motifs is 2. The Labute approximate surface area is 82.5 Å². The lowest BCUT2D eigenvalue weighted by molar-refractivity contribution is 0.191. The van der Waals surface area contributed by atoms with E-state index in [2.05, 4.69) is 18.9 Å². The van der Waals surface area contributed by atoms with Crippen molar-refractivity contribution in [3.8, 4) is 0 Å². The third-order valence-electron chi connectivity index (χ3n) is 4.07. The van der Waals surface area contributed by atoms with Crippen LogP contribution in [-0.4, -0.2) is 25.0 Å². The smallest absolute Gasteiger partial charge is 0.000681 e. The molecule has 76 valence electrons. The Hall–Kier alpha value is -0.0400. The molecule has 3 atom stereocenters. The van der Waals surface area contributed by atoms with Gasteiger partial charge in [0.2, 0.25) is 0 Å². The standard InChI is InChI=1S/C12H23N/c1-3-10-6-11-4-5-13(2)9-12(7-10)8-11/h10-12H,3-9H2,1-2H3. The largest absolute Gasteiger partial charge is 0.306 e. The van der Waals surface area contributed by atoms with Gasteiger partial charge in [-0.25, -0.2) is 0 Å². The molecule has 0 aromatic rings. The zero-order valence-corrected chi connectivity index (χ0v) is 9.13. The van der Waals surface area contributed by atoms with Gasteiger partial charge in [-0.1, -0.05) is 13.3 Å². The van der Waals surface area contributed by atoms with Crippen LogP contribution in [0.1, 0.15) is 39.0 Å². The van der Waals surface area contributed by atoms with E-state index < -0.39 is 0 Å². The molecule has 2 aliphatic rings. The molecule has 0 radical (unpaired) electrons. The molecule has 2 rings (SSSR count). The highest BCUT2D eigenvalue weighted by Crippen LogP contribution is 2.38. The molecule has 1 heteroatoms. The van der Waals surface area contributed by atoms with E-state index in [1.54, 1.807) is 0 Å². The summed E-state index contributed by atoms with van der Waals surface area (Å²) in [5.41, 5.74) is 0. The van der Waals surface area contributed by atoms with E-state index in [4.69, 9.17) is 0 Å². The molecular weight excluding hydrogens is 158 g/mol. The van der Waals surface area contributed by atoms with Gasteiger partial charge in [0, 0.05) is 6.54 Å². The Morgan fingerprint density at radius 2 is 1.92 bits per heavy atom. The topological polar surface area (TPSA) is 3.24 Å². The van der Waals surface area contributed by atoms with Crippen LogP contribution in [0, 0.1) is 17.8 Å². The first-order valence-corrected chi connectivity index (χ1v) is 5.96. The van der Waals surface area contributed by atoms with E-state index in [0.29, 0.717) is 0 Å². The maximum absolute atomic E-state index is 2.54. The third kappa shape index (κ3) is 2.25. The summed E-state index contributed by atoms with van der Waals surface area (Å²) in [4.78, 5) is 2.54. The van der Waals surface area contributed by atoms with Crippen LogP contribution in [0.15, 0.2) is 0 Å². The van der Waals surface area contributed by atoms with Crippen molar-refractivity contribution in [2.75, 3.05) is 20.1 Å². The molecule has 1 aliphatic carbocycles. The van der Waals surface area contributed by atoms with Gasteiger partial charge in [-0.05, 0) is 57.0 Å². The predicted molar refractivity (Wildman–Crippen MR) is 56.7 cm³/mol. The van der Waals surface area contributed by atoms with Crippen LogP contribution in [-0.2, 0) is 0 Å². The Morgan fingerprint density at radius 1 is 1.15 bits per heavy atom. The molecular formula is C12H23N. The summed E-state index contributed by atoms with van der Waals surface area (Å²) in [5, 5.41) is 0. The van der Waals surface area contributed by atoms with E-state index in [1.165, 1.54) is 45.2 Å². The van der Waals surface area contributed by atoms with Crippen molar-refractivity contribution in [2.45, 2.75) is 39.0 Å². The molecule has 0 aromatic heterocycles. The lowest BCUT2D eigenvalue weighted by Crippen LogP contribution is -2.26. The first-order chi connectivity index (χ1) is 6.28. The predicted octanol–water partition coefficient (Wildman–Crippen LogP) is 2.76. The van der Waals surface area contributed by atoms with Crippen LogP contribution in [0.3, 0.4) is 0 Å². The quantitative estimate of drug-likeness (QED) is 0.601. The molecule has 0 spiro atoms. The SMILES string of the molecule is CCC1CC2CCN(C)CC(C1)C2. The fourth-order valence-electron chi connectivity index (χ4n) is 3.36. The van der Waals surface area contributed by atoms with E-state index in [1.807, 2.05) is 0 Å². The average Bonchev–Trinajstić information content (AvgIpc) is 2.25. The van der Waals surface area contributed by atoms with Gasteiger partial charge in [0.25, 0.3) is 0 Å². The normalized spacial score (nSPS) is 41.5. The van der Waals surface area contributed by atoms with Crippen molar-refractivity contribution in [3.05, 3.63) is 0 Å². The lowest BCUT2D eigenvalue weighted by Gasteiger charge is -2.32. The molecule has 13 heavy (non-hydrogen) atoms. The van der Waals surface area contributed by atoms with E-state index in [9.17, 15) is 0 Å². The molecule has 2 fully saturated rings. The minimum Gasteiger partial charge on any atom is -0.306 e. The molecule has 1 saturated carbocycles. The summed E-state index contributed by atoms with van der Waals surface area (Å²) in [5.74, 6) is 3.14. The summed E-state index contributed by atoms with van der Waals surface area (Å²) in [6.07, 6.45) is 7.44. The van der Waals surface area contributed by atoms with Crippen molar-refractivity contribution < 1.29 is 0 Å². The molecule has 0 aromatic carbocycles. The van der Waals surface area contributed by atoms with Gasteiger partial charge in [-0.2, -0.15) is 0 Å². The second-order valence-corrected chi connectivity index (χ2v) is 5.26. The van der Waals surface area contributed by atoms with Gasteiger partial charge in [0.15, 0.2) is 0 Å². The van der Waals surface area contributed by atoms with Gasteiger partial charge in [0.05, 0.1) is 0 Å². The summed E-state index contributed by atoms with van der Waals surface area (Å²) in [7, 11) is 2.29. The highest BCUT2D eigenvalue weighted by Gasteiger charge is 2.30.